The first-order chi connectivity index (χ1) is 10.2. The van der Waals surface area contributed by atoms with E-state index in [1.807, 2.05) is 5.38 Å². The fourth-order valence-electron chi connectivity index (χ4n) is 2.66. The van der Waals surface area contributed by atoms with Crippen molar-refractivity contribution in [2.24, 2.45) is 5.73 Å². The first-order valence-electron chi connectivity index (χ1n) is 6.90. The third kappa shape index (κ3) is 2.21. The predicted molar refractivity (Wildman–Crippen MR) is 85.0 cm³/mol. The predicted octanol–water partition coefficient (Wildman–Crippen LogP) is 2.97. The summed E-state index contributed by atoms with van der Waals surface area (Å²) in [4.78, 5) is 5.66. The van der Waals surface area contributed by atoms with Crippen LogP contribution in [0.25, 0.3) is 15.8 Å². The number of thiazole rings is 1. The molecule has 1 aliphatic rings. The number of aryl methyl sites for hydroxylation is 1. The fraction of sp³-hybridized carbons (Fsp3) is 0.357. The van der Waals surface area contributed by atoms with Gasteiger partial charge in [-0.1, -0.05) is 0 Å². The first-order valence-corrected chi connectivity index (χ1v) is 8.59. The summed E-state index contributed by atoms with van der Waals surface area (Å²) in [6.45, 7) is 2.11. The lowest BCUT2D eigenvalue weighted by Gasteiger charge is -2.31. The Hall–Kier alpha value is -1.57. The van der Waals surface area contributed by atoms with Gasteiger partial charge in [-0.2, -0.15) is 0 Å². The Kier molecular flexibility index (Phi) is 3.13. The van der Waals surface area contributed by atoms with Crippen molar-refractivity contribution in [3.63, 3.8) is 0 Å². The quantitative estimate of drug-likeness (QED) is 0.806. The molecule has 0 amide bonds. The van der Waals surface area contributed by atoms with Crippen LogP contribution in [0.3, 0.4) is 0 Å². The van der Waals surface area contributed by atoms with Crippen molar-refractivity contribution in [1.29, 1.82) is 0 Å². The van der Waals surface area contributed by atoms with Crippen LogP contribution < -0.4 is 5.73 Å². The Bertz CT molecular complexity index is 752. The molecule has 1 saturated carbocycles. The number of nitrogens with two attached hydrogens (primary N) is 1. The molecule has 4 rings (SSSR count). The summed E-state index contributed by atoms with van der Waals surface area (Å²) >= 11 is 3.34. The molecule has 2 N–H and O–H groups in total. The molecule has 108 valence electrons. The number of rotatable bonds is 3. The van der Waals surface area contributed by atoms with Crippen molar-refractivity contribution >= 4 is 22.7 Å². The van der Waals surface area contributed by atoms with Crippen LogP contribution >= 0.6 is 22.7 Å². The van der Waals surface area contributed by atoms with E-state index in [4.69, 9.17) is 5.73 Å². The van der Waals surface area contributed by atoms with Gasteiger partial charge in [0.15, 0.2) is 10.8 Å². The van der Waals surface area contributed by atoms with Crippen LogP contribution in [0.5, 0.6) is 0 Å². The number of aromatic nitrogens is 4. The minimum absolute atomic E-state index is 0.300. The molecule has 21 heavy (non-hydrogen) atoms. The van der Waals surface area contributed by atoms with E-state index in [1.54, 1.807) is 28.9 Å². The summed E-state index contributed by atoms with van der Waals surface area (Å²) in [5, 5.41) is 12.9. The van der Waals surface area contributed by atoms with Gasteiger partial charge in [-0.25, -0.2) is 4.98 Å². The zero-order valence-corrected chi connectivity index (χ0v) is 13.2. The lowest BCUT2D eigenvalue weighted by Crippen LogP contribution is -2.36. The van der Waals surface area contributed by atoms with Crippen LogP contribution in [-0.4, -0.2) is 25.8 Å². The largest absolute Gasteiger partial charge is 0.328 e. The average Bonchev–Trinajstić information content (AvgIpc) is 3.13. The third-order valence-corrected chi connectivity index (χ3v) is 5.55. The smallest absolute Gasteiger partial charge is 0.198 e. The second-order valence-electron chi connectivity index (χ2n) is 5.37. The third-order valence-electron chi connectivity index (χ3n) is 3.80. The maximum absolute atomic E-state index is 5.94. The van der Waals surface area contributed by atoms with Crippen molar-refractivity contribution in [1.82, 2.24) is 19.7 Å². The zero-order valence-electron chi connectivity index (χ0n) is 11.6. The zero-order chi connectivity index (χ0) is 14.4. The van der Waals surface area contributed by atoms with E-state index >= 15 is 0 Å². The van der Waals surface area contributed by atoms with Gasteiger partial charge in [-0.15, -0.1) is 32.9 Å². The molecular formula is C14H15N5S2. The van der Waals surface area contributed by atoms with Crippen molar-refractivity contribution in [2.45, 2.75) is 31.7 Å². The van der Waals surface area contributed by atoms with Gasteiger partial charge in [0, 0.05) is 28.4 Å². The highest BCUT2D eigenvalue weighted by Crippen LogP contribution is 2.38. The normalized spacial score (nSPS) is 21.4. The van der Waals surface area contributed by atoms with Crippen LogP contribution in [0, 0.1) is 6.92 Å². The van der Waals surface area contributed by atoms with Gasteiger partial charge in [0.1, 0.15) is 10.8 Å². The summed E-state index contributed by atoms with van der Waals surface area (Å²) in [5.41, 5.74) is 5.94. The molecule has 0 unspecified atom stereocenters. The van der Waals surface area contributed by atoms with E-state index in [0.29, 0.717) is 12.0 Å². The van der Waals surface area contributed by atoms with E-state index in [9.17, 15) is 0 Å². The number of hydrogen-bond donors (Lipinski definition) is 1. The average molecular weight is 317 g/mol. The van der Waals surface area contributed by atoms with Gasteiger partial charge in [-0.3, -0.25) is 4.57 Å². The first kappa shape index (κ1) is 13.1. The molecule has 0 atom stereocenters. The van der Waals surface area contributed by atoms with Crippen LogP contribution in [0.2, 0.25) is 0 Å². The van der Waals surface area contributed by atoms with Crippen molar-refractivity contribution in [3.05, 3.63) is 34.4 Å². The van der Waals surface area contributed by atoms with Gasteiger partial charge in [0.25, 0.3) is 0 Å². The van der Waals surface area contributed by atoms with Crippen molar-refractivity contribution < 1.29 is 0 Å². The molecule has 3 aromatic rings. The van der Waals surface area contributed by atoms with Crippen molar-refractivity contribution in [2.75, 3.05) is 0 Å². The monoisotopic (exact) mass is 317 g/mol. The maximum atomic E-state index is 5.94. The minimum Gasteiger partial charge on any atom is -0.328 e. The summed E-state index contributed by atoms with van der Waals surface area (Å²) in [6.07, 6.45) is 3.78. The molecule has 1 fully saturated rings. The minimum atomic E-state index is 0.300. The van der Waals surface area contributed by atoms with E-state index in [2.05, 4.69) is 38.8 Å². The Morgan fingerprint density at radius 1 is 1.29 bits per heavy atom. The highest BCUT2D eigenvalue weighted by molar-refractivity contribution is 7.14. The number of thiophene rings is 1. The molecule has 1 aliphatic carbocycles. The maximum Gasteiger partial charge on any atom is 0.198 e. The van der Waals surface area contributed by atoms with Crippen LogP contribution in [0.1, 0.15) is 29.5 Å². The molecule has 0 aliphatic heterocycles. The number of nitrogens with zero attached hydrogens (tertiary/aromatic N) is 4. The van der Waals surface area contributed by atoms with Gasteiger partial charge >= 0.3 is 0 Å². The topological polar surface area (TPSA) is 69.6 Å². The van der Waals surface area contributed by atoms with E-state index in [0.717, 1.165) is 34.5 Å². The second-order valence-corrected chi connectivity index (χ2v) is 7.53. The molecule has 0 aromatic carbocycles. The molecular weight excluding hydrogens is 302 g/mol. The lowest BCUT2D eigenvalue weighted by atomic mass is 9.80. The Labute approximate surface area is 130 Å². The number of hydrogen-bond acceptors (Lipinski definition) is 6. The Balaban J connectivity index is 1.85. The van der Waals surface area contributed by atoms with Crippen LogP contribution in [-0.2, 0) is 0 Å². The highest BCUT2D eigenvalue weighted by atomic mass is 32.1. The molecule has 7 heteroatoms. The summed E-state index contributed by atoms with van der Waals surface area (Å²) in [5.74, 6) is 2.26. The van der Waals surface area contributed by atoms with Gasteiger partial charge < -0.3 is 5.73 Å². The lowest BCUT2D eigenvalue weighted by molar-refractivity contribution is 0.335. The SMILES string of the molecule is Cc1ccc(-n2c(-c3nccs3)nnc2[C@H]2C[C@H](N)C2)s1. The molecule has 0 bridgehead atoms. The summed E-state index contributed by atoms with van der Waals surface area (Å²) in [6, 6.07) is 4.55. The van der Waals surface area contributed by atoms with E-state index < -0.39 is 0 Å². The Morgan fingerprint density at radius 3 is 2.76 bits per heavy atom. The summed E-state index contributed by atoms with van der Waals surface area (Å²) < 4.78 is 2.16. The Morgan fingerprint density at radius 2 is 2.14 bits per heavy atom. The van der Waals surface area contributed by atoms with E-state index in [-0.39, 0.29) is 0 Å². The van der Waals surface area contributed by atoms with Crippen molar-refractivity contribution in [3.8, 4) is 15.8 Å². The molecule has 0 spiro atoms. The molecule has 3 aromatic heterocycles. The van der Waals surface area contributed by atoms with Gasteiger partial charge in [0.05, 0.1) is 0 Å². The molecule has 5 nitrogen and oxygen atoms in total. The van der Waals surface area contributed by atoms with Gasteiger partial charge in [-0.05, 0) is 31.9 Å². The fourth-order valence-corrected chi connectivity index (χ4v) is 4.15. The molecule has 0 radical (unpaired) electrons. The second kappa shape index (κ2) is 5.01. The van der Waals surface area contributed by atoms with Crippen LogP contribution in [0.4, 0.5) is 0 Å². The van der Waals surface area contributed by atoms with Gasteiger partial charge in [0.2, 0.25) is 0 Å². The van der Waals surface area contributed by atoms with Crippen LogP contribution in [0.15, 0.2) is 23.7 Å². The summed E-state index contributed by atoms with van der Waals surface area (Å²) in [7, 11) is 0. The highest BCUT2D eigenvalue weighted by Gasteiger charge is 2.33. The molecule has 3 heterocycles. The standard InChI is InChI=1S/C14H15N5S2/c1-8-2-3-11(21-8)19-12(9-6-10(15)7-9)17-18-13(19)14-16-4-5-20-14/h2-5,9-10H,6-7,15H2,1H3/t9-,10-. The molecule has 0 saturated heterocycles. The van der Waals surface area contributed by atoms with E-state index in [1.165, 1.54) is 4.88 Å².